The molecule has 0 saturated carbocycles. The molecule has 3 rings (SSSR count). The van der Waals surface area contributed by atoms with Gasteiger partial charge in [0.05, 0.1) is 35.9 Å². The van der Waals surface area contributed by atoms with E-state index in [2.05, 4.69) is 5.32 Å². The predicted octanol–water partition coefficient (Wildman–Crippen LogP) is 2.95. The summed E-state index contributed by atoms with van der Waals surface area (Å²) in [5, 5.41) is 2.77. The summed E-state index contributed by atoms with van der Waals surface area (Å²) in [4.78, 5) is 12.5. The lowest BCUT2D eigenvalue weighted by atomic mass is 10.2. The van der Waals surface area contributed by atoms with Gasteiger partial charge in [-0.15, -0.1) is 0 Å². The van der Waals surface area contributed by atoms with E-state index in [1.165, 1.54) is 16.4 Å². The number of hydrogen-bond donors (Lipinski definition) is 1. The number of amides is 1. The number of carbonyl (C=O) groups excluding carboxylic acids is 1. The van der Waals surface area contributed by atoms with Crippen molar-refractivity contribution in [2.75, 3.05) is 33.4 Å². The van der Waals surface area contributed by atoms with Crippen molar-refractivity contribution in [2.24, 2.45) is 0 Å². The third-order valence-electron chi connectivity index (χ3n) is 4.47. The van der Waals surface area contributed by atoms with Crippen LogP contribution in [0.15, 0.2) is 41.3 Å². The van der Waals surface area contributed by atoms with E-state index in [1.54, 1.807) is 19.2 Å². The first-order valence-electron chi connectivity index (χ1n) is 8.81. The minimum absolute atomic E-state index is 0.0341. The van der Waals surface area contributed by atoms with Gasteiger partial charge in [0.15, 0.2) is 0 Å². The van der Waals surface area contributed by atoms with Crippen LogP contribution in [0.3, 0.4) is 0 Å². The number of morpholine rings is 1. The third-order valence-corrected chi connectivity index (χ3v) is 7.14. The number of carbonyl (C=O) groups is 1. The van der Waals surface area contributed by atoms with E-state index in [-0.39, 0.29) is 40.1 Å². The second-order valence-electron chi connectivity index (χ2n) is 6.31. The van der Waals surface area contributed by atoms with Crippen LogP contribution in [0.25, 0.3) is 0 Å². The van der Waals surface area contributed by atoms with E-state index in [1.807, 2.05) is 12.1 Å². The smallest absolute Gasteiger partial charge is 0.253 e. The van der Waals surface area contributed by atoms with Crippen LogP contribution >= 0.6 is 23.2 Å². The Morgan fingerprint density at radius 2 is 1.79 bits per heavy atom. The third kappa shape index (κ3) is 5.02. The molecular formula is C19H20Cl2N2O5S. The van der Waals surface area contributed by atoms with Crippen molar-refractivity contribution in [3.63, 3.8) is 0 Å². The van der Waals surface area contributed by atoms with E-state index in [9.17, 15) is 13.2 Å². The molecule has 1 heterocycles. The summed E-state index contributed by atoms with van der Waals surface area (Å²) in [7, 11) is -2.30. The molecule has 0 aliphatic carbocycles. The van der Waals surface area contributed by atoms with Crippen molar-refractivity contribution >= 4 is 39.1 Å². The molecule has 1 fully saturated rings. The Bertz CT molecular complexity index is 990. The van der Waals surface area contributed by atoms with Crippen molar-refractivity contribution in [3.05, 3.63) is 57.6 Å². The zero-order valence-electron chi connectivity index (χ0n) is 15.7. The van der Waals surface area contributed by atoms with Gasteiger partial charge in [-0.2, -0.15) is 4.31 Å². The van der Waals surface area contributed by atoms with E-state index >= 15 is 0 Å². The van der Waals surface area contributed by atoms with Crippen LogP contribution in [0, 0.1) is 0 Å². The van der Waals surface area contributed by atoms with Crippen molar-refractivity contribution < 1.29 is 22.7 Å². The molecule has 0 aromatic heterocycles. The molecule has 0 bridgehead atoms. The molecule has 0 spiro atoms. The maximum Gasteiger partial charge on any atom is 0.253 e. The van der Waals surface area contributed by atoms with E-state index in [0.29, 0.717) is 19.0 Å². The van der Waals surface area contributed by atoms with Gasteiger partial charge in [-0.3, -0.25) is 4.79 Å². The number of nitrogens with zero attached hydrogens (tertiary/aromatic N) is 1. The zero-order valence-corrected chi connectivity index (χ0v) is 18.0. The first-order valence-corrected chi connectivity index (χ1v) is 11.0. The first-order chi connectivity index (χ1) is 13.8. The van der Waals surface area contributed by atoms with E-state index in [4.69, 9.17) is 32.7 Å². The topological polar surface area (TPSA) is 84.9 Å². The van der Waals surface area contributed by atoms with Gasteiger partial charge in [0.25, 0.3) is 5.91 Å². The molecule has 156 valence electrons. The second-order valence-corrected chi connectivity index (χ2v) is 9.03. The van der Waals surface area contributed by atoms with Crippen molar-refractivity contribution in [1.29, 1.82) is 0 Å². The molecule has 1 amide bonds. The highest BCUT2D eigenvalue weighted by atomic mass is 35.5. The van der Waals surface area contributed by atoms with Crippen molar-refractivity contribution in [1.82, 2.24) is 9.62 Å². The molecular weight excluding hydrogens is 439 g/mol. The van der Waals surface area contributed by atoms with Crippen LogP contribution < -0.4 is 10.1 Å². The number of halogens is 2. The summed E-state index contributed by atoms with van der Waals surface area (Å²) in [6, 6.07) is 9.69. The van der Waals surface area contributed by atoms with Crippen molar-refractivity contribution in [3.8, 4) is 5.75 Å². The lowest BCUT2D eigenvalue weighted by molar-refractivity contribution is 0.0730. The summed E-state index contributed by atoms with van der Waals surface area (Å²) >= 11 is 12.3. The standard InChI is InChI=1S/C19H20Cl2N2O5S/c1-27-14-4-2-13(3-5-14)12-22-19(24)15-10-18(17(21)11-16(15)20)29(25,26)23-6-8-28-9-7-23/h2-5,10-11H,6-9,12H2,1H3,(H,22,24). The fourth-order valence-corrected chi connectivity index (χ4v) is 5.09. The van der Waals surface area contributed by atoms with Gasteiger partial charge >= 0.3 is 0 Å². The molecule has 0 atom stereocenters. The Morgan fingerprint density at radius 3 is 2.41 bits per heavy atom. The highest BCUT2D eigenvalue weighted by molar-refractivity contribution is 7.89. The largest absolute Gasteiger partial charge is 0.497 e. The summed E-state index contributed by atoms with van der Waals surface area (Å²) < 4.78 is 37.4. The molecule has 2 aromatic rings. The van der Waals surface area contributed by atoms with Crippen LogP contribution in [-0.2, 0) is 21.3 Å². The molecule has 7 nitrogen and oxygen atoms in total. The van der Waals surface area contributed by atoms with Crippen LogP contribution in [-0.4, -0.2) is 52.0 Å². The zero-order chi connectivity index (χ0) is 21.0. The summed E-state index contributed by atoms with van der Waals surface area (Å²) in [6.45, 7) is 1.30. The van der Waals surface area contributed by atoms with Crippen molar-refractivity contribution in [2.45, 2.75) is 11.4 Å². The molecule has 1 N–H and O–H groups in total. The number of benzene rings is 2. The van der Waals surface area contributed by atoms with Gasteiger partial charge in [0.1, 0.15) is 10.6 Å². The minimum atomic E-state index is -3.87. The summed E-state index contributed by atoms with van der Waals surface area (Å²) in [5.74, 6) is 0.208. The number of rotatable bonds is 6. The van der Waals surface area contributed by atoms with Gasteiger partial charge in [-0.1, -0.05) is 35.3 Å². The normalized spacial score (nSPS) is 15.1. The second kappa shape index (κ2) is 9.32. The minimum Gasteiger partial charge on any atom is -0.497 e. The molecule has 0 unspecified atom stereocenters. The fraction of sp³-hybridized carbons (Fsp3) is 0.316. The number of hydrogen-bond acceptors (Lipinski definition) is 5. The average molecular weight is 459 g/mol. The van der Waals surface area contributed by atoms with E-state index < -0.39 is 15.9 Å². The molecule has 29 heavy (non-hydrogen) atoms. The Hall–Kier alpha value is -1.84. The molecule has 2 aromatic carbocycles. The van der Waals surface area contributed by atoms with Gasteiger partial charge in [-0.05, 0) is 29.8 Å². The lowest BCUT2D eigenvalue weighted by Gasteiger charge is -2.26. The predicted molar refractivity (Wildman–Crippen MR) is 110 cm³/mol. The first kappa shape index (κ1) is 21.9. The van der Waals surface area contributed by atoms with Crippen LogP contribution in [0.1, 0.15) is 15.9 Å². The SMILES string of the molecule is COc1ccc(CNC(=O)c2cc(S(=O)(=O)N3CCOCC3)c(Cl)cc2Cl)cc1. The lowest BCUT2D eigenvalue weighted by Crippen LogP contribution is -2.40. The maximum atomic E-state index is 12.9. The Balaban J connectivity index is 1.81. The van der Waals surface area contributed by atoms with Gasteiger partial charge in [0, 0.05) is 19.6 Å². The quantitative estimate of drug-likeness (QED) is 0.718. The maximum absolute atomic E-state index is 12.9. The number of nitrogens with one attached hydrogen (secondary N) is 1. The van der Waals surface area contributed by atoms with Gasteiger partial charge in [0.2, 0.25) is 10.0 Å². The van der Waals surface area contributed by atoms with Gasteiger partial charge in [-0.25, -0.2) is 8.42 Å². The van der Waals surface area contributed by atoms with Gasteiger partial charge < -0.3 is 14.8 Å². The molecule has 1 aliphatic heterocycles. The number of sulfonamides is 1. The Labute approximate surface area is 179 Å². The van der Waals surface area contributed by atoms with Crippen LogP contribution in [0.5, 0.6) is 5.75 Å². The highest BCUT2D eigenvalue weighted by Gasteiger charge is 2.30. The Kier molecular flexibility index (Phi) is 7.02. The molecule has 10 heteroatoms. The monoisotopic (exact) mass is 458 g/mol. The Morgan fingerprint density at radius 1 is 1.14 bits per heavy atom. The van der Waals surface area contributed by atoms with Crippen LogP contribution in [0.2, 0.25) is 10.0 Å². The number of ether oxygens (including phenoxy) is 2. The highest BCUT2D eigenvalue weighted by Crippen LogP contribution is 2.31. The fourth-order valence-electron chi connectivity index (χ4n) is 2.85. The number of methoxy groups -OCH3 is 1. The van der Waals surface area contributed by atoms with E-state index in [0.717, 1.165) is 5.56 Å². The molecule has 1 saturated heterocycles. The molecule has 1 aliphatic rings. The average Bonchev–Trinajstić information content (AvgIpc) is 2.73. The summed E-state index contributed by atoms with van der Waals surface area (Å²) in [6.07, 6.45) is 0. The summed E-state index contributed by atoms with van der Waals surface area (Å²) in [5.41, 5.74) is 0.891. The van der Waals surface area contributed by atoms with Crippen LogP contribution in [0.4, 0.5) is 0 Å². The molecule has 0 radical (unpaired) electrons.